The third-order valence-corrected chi connectivity index (χ3v) is 5.40. The van der Waals surface area contributed by atoms with Crippen molar-refractivity contribution in [1.82, 2.24) is 15.6 Å². The van der Waals surface area contributed by atoms with E-state index in [1.165, 1.54) is 25.7 Å². The normalized spacial score (nSPS) is 15.2. The molecule has 140 valence electrons. The Hall–Kier alpha value is -2.08. The summed E-state index contributed by atoms with van der Waals surface area (Å²) in [6, 6.07) is 8.27. The number of nitrogens with zero attached hydrogens (tertiary/aromatic N) is 2. The molecule has 1 aliphatic carbocycles. The Kier molecular flexibility index (Phi) is 6.89. The first kappa shape index (κ1) is 18.7. The molecule has 0 bridgehead atoms. The van der Waals surface area contributed by atoms with Crippen LogP contribution < -0.4 is 15.4 Å². The van der Waals surface area contributed by atoms with Crippen LogP contribution in [0, 0.1) is 6.92 Å². The van der Waals surface area contributed by atoms with E-state index in [0.29, 0.717) is 12.6 Å². The van der Waals surface area contributed by atoms with Gasteiger partial charge in [-0.3, -0.25) is 4.99 Å². The van der Waals surface area contributed by atoms with Crippen LogP contribution in [0.2, 0.25) is 0 Å². The van der Waals surface area contributed by atoms with Gasteiger partial charge in [0.15, 0.2) is 5.96 Å². The molecule has 1 aliphatic rings. The smallest absolute Gasteiger partial charge is 0.191 e. The summed E-state index contributed by atoms with van der Waals surface area (Å²) in [6.07, 6.45) is 6.16. The predicted octanol–water partition coefficient (Wildman–Crippen LogP) is 3.68. The van der Waals surface area contributed by atoms with Crippen molar-refractivity contribution in [2.75, 3.05) is 13.6 Å². The number of benzene rings is 1. The molecule has 1 fully saturated rings. The van der Waals surface area contributed by atoms with E-state index in [1.54, 1.807) is 18.4 Å². The summed E-state index contributed by atoms with van der Waals surface area (Å²) in [5.41, 5.74) is 2.29. The fourth-order valence-electron chi connectivity index (χ4n) is 3.18. The zero-order valence-electron chi connectivity index (χ0n) is 15.6. The molecule has 3 rings (SSSR count). The SMILES string of the molecule is CN=C(NCCc1csc(C)n1)NCc1ccccc1OC1CCCC1. The summed E-state index contributed by atoms with van der Waals surface area (Å²) in [4.78, 5) is 8.80. The number of ether oxygens (including phenoxy) is 1. The first-order chi connectivity index (χ1) is 12.7. The van der Waals surface area contributed by atoms with Crippen LogP contribution in [0.3, 0.4) is 0 Å². The average molecular weight is 373 g/mol. The lowest BCUT2D eigenvalue weighted by atomic mass is 10.2. The Labute approximate surface area is 159 Å². The van der Waals surface area contributed by atoms with Crippen molar-refractivity contribution < 1.29 is 4.74 Å². The Morgan fingerprint density at radius 1 is 1.27 bits per heavy atom. The number of aromatic nitrogens is 1. The summed E-state index contributed by atoms with van der Waals surface area (Å²) >= 11 is 1.69. The minimum Gasteiger partial charge on any atom is -0.490 e. The molecule has 5 nitrogen and oxygen atoms in total. The molecule has 1 saturated carbocycles. The second kappa shape index (κ2) is 9.57. The minimum absolute atomic E-state index is 0.371. The van der Waals surface area contributed by atoms with Gasteiger partial charge in [0.25, 0.3) is 0 Å². The van der Waals surface area contributed by atoms with Gasteiger partial charge in [0.1, 0.15) is 5.75 Å². The number of thiazole rings is 1. The van der Waals surface area contributed by atoms with Gasteiger partial charge in [-0.25, -0.2) is 4.98 Å². The lowest BCUT2D eigenvalue weighted by Gasteiger charge is -2.18. The zero-order valence-corrected chi connectivity index (χ0v) is 16.4. The Morgan fingerprint density at radius 2 is 2.08 bits per heavy atom. The van der Waals surface area contributed by atoms with E-state index >= 15 is 0 Å². The molecular formula is C20H28N4OS. The maximum absolute atomic E-state index is 6.21. The van der Waals surface area contributed by atoms with Crippen LogP contribution in [-0.4, -0.2) is 30.6 Å². The van der Waals surface area contributed by atoms with Gasteiger partial charge < -0.3 is 15.4 Å². The largest absolute Gasteiger partial charge is 0.490 e. The maximum Gasteiger partial charge on any atom is 0.191 e. The molecule has 1 aromatic carbocycles. The molecule has 2 N–H and O–H groups in total. The van der Waals surface area contributed by atoms with Crippen LogP contribution >= 0.6 is 11.3 Å². The van der Waals surface area contributed by atoms with Crippen molar-refractivity contribution in [3.63, 3.8) is 0 Å². The number of rotatable bonds is 7. The zero-order chi connectivity index (χ0) is 18.2. The number of hydrogen-bond donors (Lipinski definition) is 2. The van der Waals surface area contributed by atoms with E-state index in [-0.39, 0.29) is 0 Å². The molecular weight excluding hydrogens is 344 g/mol. The van der Waals surface area contributed by atoms with Gasteiger partial charge in [-0.1, -0.05) is 18.2 Å². The number of aliphatic imine (C=N–C) groups is 1. The Morgan fingerprint density at radius 3 is 2.81 bits per heavy atom. The molecule has 0 aliphatic heterocycles. The fourth-order valence-corrected chi connectivity index (χ4v) is 3.83. The highest BCUT2D eigenvalue weighted by Gasteiger charge is 2.17. The number of para-hydroxylation sites is 1. The van der Waals surface area contributed by atoms with Crippen LogP contribution in [0.25, 0.3) is 0 Å². The molecule has 0 saturated heterocycles. The molecule has 0 amide bonds. The molecule has 0 radical (unpaired) electrons. The minimum atomic E-state index is 0.371. The summed E-state index contributed by atoms with van der Waals surface area (Å²) in [5, 5.41) is 9.96. The van der Waals surface area contributed by atoms with Gasteiger partial charge in [-0.05, 0) is 38.7 Å². The topological polar surface area (TPSA) is 58.5 Å². The molecule has 0 atom stereocenters. The predicted molar refractivity (Wildman–Crippen MR) is 108 cm³/mol. The quantitative estimate of drug-likeness (QED) is 0.575. The van der Waals surface area contributed by atoms with E-state index in [0.717, 1.165) is 40.9 Å². The monoisotopic (exact) mass is 372 g/mol. The summed E-state index contributed by atoms with van der Waals surface area (Å²) in [6.45, 7) is 3.54. The lowest BCUT2D eigenvalue weighted by molar-refractivity contribution is 0.208. The molecule has 1 aromatic heterocycles. The van der Waals surface area contributed by atoms with Crippen LogP contribution in [0.4, 0.5) is 0 Å². The maximum atomic E-state index is 6.21. The molecule has 0 unspecified atom stereocenters. The first-order valence-electron chi connectivity index (χ1n) is 9.34. The van der Waals surface area contributed by atoms with Crippen molar-refractivity contribution >= 4 is 17.3 Å². The molecule has 1 heterocycles. The van der Waals surface area contributed by atoms with Crippen LogP contribution in [-0.2, 0) is 13.0 Å². The number of guanidine groups is 1. The van der Waals surface area contributed by atoms with Crippen LogP contribution in [0.15, 0.2) is 34.6 Å². The summed E-state index contributed by atoms with van der Waals surface area (Å²) < 4.78 is 6.21. The standard InChI is InChI=1S/C20H28N4OS/c1-15-24-17(14-26-15)11-12-22-20(21-2)23-13-16-7-3-6-10-19(16)25-18-8-4-5-9-18/h3,6-7,10,14,18H,4-5,8-9,11-13H2,1-2H3,(H2,21,22,23). The van der Waals surface area contributed by atoms with Crippen molar-refractivity contribution in [3.8, 4) is 5.75 Å². The fraction of sp³-hybridized carbons (Fsp3) is 0.500. The van der Waals surface area contributed by atoms with E-state index in [9.17, 15) is 0 Å². The van der Waals surface area contributed by atoms with Crippen molar-refractivity contribution in [1.29, 1.82) is 0 Å². The van der Waals surface area contributed by atoms with Crippen molar-refractivity contribution in [2.24, 2.45) is 4.99 Å². The van der Waals surface area contributed by atoms with Gasteiger partial charge in [-0.15, -0.1) is 11.3 Å². The van der Waals surface area contributed by atoms with Gasteiger partial charge in [-0.2, -0.15) is 0 Å². The third-order valence-electron chi connectivity index (χ3n) is 4.58. The highest BCUT2D eigenvalue weighted by Crippen LogP contribution is 2.26. The first-order valence-corrected chi connectivity index (χ1v) is 10.2. The Balaban J connectivity index is 1.48. The summed E-state index contributed by atoms with van der Waals surface area (Å²) in [5.74, 6) is 1.79. The number of aryl methyl sites for hydroxylation is 1. The summed E-state index contributed by atoms with van der Waals surface area (Å²) in [7, 11) is 1.79. The van der Waals surface area contributed by atoms with Crippen LogP contribution in [0.5, 0.6) is 5.75 Å². The van der Waals surface area contributed by atoms with Crippen molar-refractivity contribution in [3.05, 3.63) is 45.9 Å². The van der Waals surface area contributed by atoms with E-state index < -0.39 is 0 Å². The molecule has 6 heteroatoms. The van der Waals surface area contributed by atoms with Gasteiger partial charge in [0, 0.05) is 37.5 Å². The number of nitrogens with one attached hydrogen (secondary N) is 2. The lowest BCUT2D eigenvalue weighted by Crippen LogP contribution is -2.38. The van der Waals surface area contributed by atoms with E-state index in [2.05, 4.69) is 44.2 Å². The molecule has 0 spiro atoms. The van der Waals surface area contributed by atoms with E-state index in [4.69, 9.17) is 4.74 Å². The van der Waals surface area contributed by atoms with Gasteiger partial charge in [0.05, 0.1) is 16.8 Å². The highest BCUT2D eigenvalue weighted by molar-refractivity contribution is 7.09. The van der Waals surface area contributed by atoms with Gasteiger partial charge >= 0.3 is 0 Å². The molecule has 26 heavy (non-hydrogen) atoms. The molecule has 2 aromatic rings. The van der Waals surface area contributed by atoms with Gasteiger partial charge in [0.2, 0.25) is 0 Å². The average Bonchev–Trinajstić information content (AvgIpc) is 3.31. The van der Waals surface area contributed by atoms with Crippen LogP contribution in [0.1, 0.15) is 41.9 Å². The second-order valence-corrected chi connectivity index (χ2v) is 7.65. The highest BCUT2D eigenvalue weighted by atomic mass is 32.1. The third kappa shape index (κ3) is 5.46. The van der Waals surface area contributed by atoms with Crippen molar-refractivity contribution in [2.45, 2.75) is 51.7 Å². The number of hydrogen-bond acceptors (Lipinski definition) is 4. The Bertz CT molecular complexity index is 722. The second-order valence-electron chi connectivity index (χ2n) is 6.59. The van der Waals surface area contributed by atoms with E-state index in [1.807, 2.05) is 13.0 Å².